The third-order valence-electron chi connectivity index (χ3n) is 4.46. The maximum Gasteiger partial charge on any atom is 0.263 e. The fourth-order valence-electron chi connectivity index (χ4n) is 3.41. The predicted octanol–water partition coefficient (Wildman–Crippen LogP) is 3.40. The van der Waals surface area contributed by atoms with Gasteiger partial charge in [0, 0.05) is 28.5 Å². The molecule has 0 aliphatic rings. The van der Waals surface area contributed by atoms with Crippen LogP contribution in [0.25, 0.3) is 38.2 Å². The molecule has 1 N–H and O–H groups in total. The van der Waals surface area contributed by atoms with Crippen LogP contribution in [0.5, 0.6) is 5.88 Å². The Morgan fingerprint density at radius 1 is 1.22 bits per heavy atom. The normalized spacial score (nSPS) is 12.3. The Hall–Kier alpha value is -2.60. The molecular weight excluding hydrogens is 358 g/mol. The van der Waals surface area contributed by atoms with Crippen molar-refractivity contribution in [3.05, 3.63) is 51.4 Å². The molecule has 0 spiro atoms. The van der Waals surface area contributed by atoms with E-state index in [0.29, 0.717) is 10.9 Å². The van der Waals surface area contributed by atoms with Crippen molar-refractivity contribution >= 4 is 54.2 Å². The minimum Gasteiger partial charge on any atom is -0.493 e. The molecule has 0 amide bonds. The van der Waals surface area contributed by atoms with Gasteiger partial charge in [0.2, 0.25) is 5.88 Å². The van der Waals surface area contributed by atoms with Crippen LogP contribution in [0.3, 0.4) is 0 Å². The highest BCUT2D eigenvalue weighted by molar-refractivity contribution is 9.10. The second kappa shape index (κ2) is 4.02. The van der Waals surface area contributed by atoms with Gasteiger partial charge in [-0.3, -0.25) is 9.36 Å². The zero-order chi connectivity index (χ0) is 15.9. The number of fused-ring (bicyclic) bond motifs is 8. The molecule has 0 fully saturated rings. The number of halogens is 1. The summed E-state index contributed by atoms with van der Waals surface area (Å²) in [4.78, 5) is 17.4. The van der Waals surface area contributed by atoms with Crippen molar-refractivity contribution in [3.63, 3.8) is 0 Å². The number of hydrogen-bond donors (Lipinski definition) is 1. The number of aromatic hydroxyl groups is 1. The number of hydrogen-bond acceptors (Lipinski definition) is 3. The van der Waals surface area contributed by atoms with Gasteiger partial charge in [-0.25, -0.2) is 4.98 Å². The van der Waals surface area contributed by atoms with E-state index in [1.54, 1.807) is 7.05 Å². The smallest absolute Gasteiger partial charge is 0.263 e. The van der Waals surface area contributed by atoms with Crippen LogP contribution in [0.4, 0.5) is 0 Å². The van der Waals surface area contributed by atoms with E-state index >= 15 is 0 Å². The largest absolute Gasteiger partial charge is 0.493 e. The Bertz CT molecular complexity index is 1320. The Balaban J connectivity index is 2.29. The van der Waals surface area contributed by atoms with E-state index in [1.807, 2.05) is 40.9 Å². The molecule has 5 rings (SSSR count). The first-order valence-corrected chi connectivity index (χ1v) is 7.90. The lowest BCUT2D eigenvalue weighted by Gasteiger charge is -2.01. The summed E-state index contributed by atoms with van der Waals surface area (Å²) in [6.07, 6.45) is 1.84. The van der Waals surface area contributed by atoms with Crippen LogP contribution in [0, 0.1) is 0 Å². The Morgan fingerprint density at radius 2 is 2.04 bits per heavy atom. The third kappa shape index (κ3) is 1.42. The molecule has 0 saturated carbocycles. The number of nitrogens with zero attached hydrogens (tertiary/aromatic N) is 3. The number of aromatic nitrogens is 3. The van der Waals surface area contributed by atoms with Gasteiger partial charge in [0.05, 0.1) is 21.9 Å². The van der Waals surface area contributed by atoms with Crippen molar-refractivity contribution in [2.75, 3.05) is 0 Å². The molecule has 0 aliphatic carbocycles. The van der Waals surface area contributed by atoms with Gasteiger partial charge in [-0.15, -0.1) is 0 Å². The Labute approximate surface area is 137 Å². The average molecular weight is 368 g/mol. The fourth-order valence-corrected chi connectivity index (χ4v) is 3.77. The zero-order valence-electron chi connectivity index (χ0n) is 12.0. The van der Waals surface area contributed by atoms with Crippen molar-refractivity contribution in [1.82, 2.24) is 14.0 Å². The van der Waals surface area contributed by atoms with Gasteiger partial charge in [-0.05, 0) is 30.3 Å². The molecule has 6 heteroatoms. The van der Waals surface area contributed by atoms with Gasteiger partial charge in [-0.2, -0.15) is 0 Å². The van der Waals surface area contributed by atoms with E-state index < -0.39 is 0 Å². The molecule has 4 aromatic heterocycles. The summed E-state index contributed by atoms with van der Waals surface area (Å²) in [5.41, 5.74) is 2.80. The SMILES string of the molecule is Cn1c(O)c2c(c1=O)c1c3cc(Br)ccc3nc1c1cccn12. The quantitative estimate of drug-likeness (QED) is 0.456. The molecule has 0 saturated heterocycles. The second-order valence-electron chi connectivity index (χ2n) is 5.67. The summed E-state index contributed by atoms with van der Waals surface area (Å²) < 4.78 is 4.03. The second-order valence-corrected chi connectivity index (χ2v) is 6.59. The maximum atomic E-state index is 12.7. The van der Waals surface area contributed by atoms with E-state index in [4.69, 9.17) is 4.98 Å². The fraction of sp³-hybridized carbons (Fsp3) is 0.0588. The molecule has 0 atom stereocenters. The lowest BCUT2D eigenvalue weighted by Crippen LogP contribution is -2.09. The monoisotopic (exact) mass is 367 g/mol. The molecule has 0 bridgehead atoms. The van der Waals surface area contributed by atoms with Crippen LogP contribution in [0.2, 0.25) is 0 Å². The average Bonchev–Trinajstić information content (AvgIpc) is 3.19. The summed E-state index contributed by atoms with van der Waals surface area (Å²) in [5.74, 6) is -0.0301. The maximum absolute atomic E-state index is 12.7. The van der Waals surface area contributed by atoms with Gasteiger partial charge in [0.15, 0.2) is 0 Å². The van der Waals surface area contributed by atoms with Gasteiger partial charge in [-0.1, -0.05) is 15.9 Å². The number of rotatable bonds is 0. The minimum atomic E-state index is -0.215. The summed E-state index contributed by atoms with van der Waals surface area (Å²) in [7, 11) is 1.58. The zero-order valence-corrected chi connectivity index (χ0v) is 13.6. The first-order valence-electron chi connectivity index (χ1n) is 7.11. The van der Waals surface area contributed by atoms with Gasteiger partial charge < -0.3 is 9.51 Å². The van der Waals surface area contributed by atoms with Crippen LogP contribution in [-0.2, 0) is 7.05 Å². The first kappa shape index (κ1) is 12.9. The van der Waals surface area contributed by atoms with E-state index in [0.717, 1.165) is 31.8 Å². The van der Waals surface area contributed by atoms with Crippen molar-refractivity contribution in [2.45, 2.75) is 0 Å². The summed E-state index contributed by atoms with van der Waals surface area (Å²) in [6, 6.07) is 9.66. The highest BCUT2D eigenvalue weighted by Gasteiger charge is 2.22. The summed E-state index contributed by atoms with van der Waals surface area (Å²) in [5, 5.41) is 12.6. The van der Waals surface area contributed by atoms with Gasteiger partial charge in [0.25, 0.3) is 5.56 Å². The van der Waals surface area contributed by atoms with Crippen molar-refractivity contribution < 1.29 is 5.11 Å². The van der Waals surface area contributed by atoms with Crippen molar-refractivity contribution in [2.24, 2.45) is 7.05 Å². The topological polar surface area (TPSA) is 59.5 Å². The highest BCUT2D eigenvalue weighted by Crippen LogP contribution is 2.37. The molecule has 1 aromatic carbocycles. The molecule has 5 aromatic rings. The lowest BCUT2D eigenvalue weighted by molar-refractivity contribution is 0.433. The van der Waals surface area contributed by atoms with E-state index in [-0.39, 0.29) is 11.4 Å². The standard InChI is InChI=1S/C17H10BrN3O2/c1-20-16(22)13-12-9-7-8(18)4-5-10(9)19-14(12)11-3-2-6-21(11)15(13)17(20)23/h2-7,23H,1H3. The molecule has 0 aliphatic heterocycles. The highest BCUT2D eigenvalue weighted by atomic mass is 79.9. The van der Waals surface area contributed by atoms with Gasteiger partial charge >= 0.3 is 0 Å². The Morgan fingerprint density at radius 3 is 2.87 bits per heavy atom. The number of pyridine rings is 1. The molecule has 112 valence electrons. The first-order chi connectivity index (χ1) is 11.1. The summed E-state index contributed by atoms with van der Waals surface area (Å²) in [6.45, 7) is 0. The van der Waals surface area contributed by atoms with E-state index in [1.165, 1.54) is 4.57 Å². The van der Waals surface area contributed by atoms with E-state index in [2.05, 4.69) is 15.9 Å². The molecular formula is C17H10BrN3O2. The van der Waals surface area contributed by atoms with Crippen LogP contribution in [-0.4, -0.2) is 19.1 Å². The predicted molar refractivity (Wildman–Crippen MR) is 93.5 cm³/mol. The molecule has 4 heterocycles. The Kier molecular flexibility index (Phi) is 2.26. The van der Waals surface area contributed by atoms with Gasteiger partial charge in [0.1, 0.15) is 5.52 Å². The minimum absolute atomic E-state index is 0.0301. The molecule has 23 heavy (non-hydrogen) atoms. The molecule has 0 unspecified atom stereocenters. The van der Waals surface area contributed by atoms with Crippen LogP contribution in [0.1, 0.15) is 0 Å². The van der Waals surface area contributed by atoms with Crippen LogP contribution in [0.15, 0.2) is 45.8 Å². The van der Waals surface area contributed by atoms with Crippen LogP contribution < -0.4 is 5.56 Å². The molecule has 0 radical (unpaired) electrons. The third-order valence-corrected chi connectivity index (χ3v) is 4.96. The number of benzene rings is 1. The molecule has 5 nitrogen and oxygen atoms in total. The van der Waals surface area contributed by atoms with Crippen molar-refractivity contribution in [3.8, 4) is 5.88 Å². The van der Waals surface area contributed by atoms with E-state index in [9.17, 15) is 9.90 Å². The van der Waals surface area contributed by atoms with Crippen LogP contribution >= 0.6 is 15.9 Å². The summed E-state index contributed by atoms with van der Waals surface area (Å²) >= 11 is 3.48. The van der Waals surface area contributed by atoms with Crippen molar-refractivity contribution in [1.29, 1.82) is 0 Å². The lowest BCUT2D eigenvalue weighted by atomic mass is 10.1.